The van der Waals surface area contributed by atoms with E-state index in [2.05, 4.69) is 25.8 Å². The highest BCUT2D eigenvalue weighted by atomic mass is 16.6. The molecule has 0 aliphatic heterocycles. The van der Waals surface area contributed by atoms with Crippen molar-refractivity contribution in [3.8, 4) is 5.75 Å². The van der Waals surface area contributed by atoms with Crippen molar-refractivity contribution in [1.82, 2.24) is 0 Å². The molecule has 0 radical (unpaired) electrons. The van der Waals surface area contributed by atoms with Crippen LogP contribution in [0.3, 0.4) is 0 Å². The highest BCUT2D eigenvalue weighted by Gasteiger charge is 2.15. The molecule has 0 amide bonds. The maximum atomic E-state index is 10.9. The number of phenols is 1. The van der Waals surface area contributed by atoms with Crippen LogP contribution in [-0.4, -0.2) is 21.5 Å². The second-order valence-corrected chi connectivity index (χ2v) is 6.08. The number of phenolic OH excluding ortho intramolecular Hbond substituents is 1. The Morgan fingerprint density at radius 2 is 1.86 bits per heavy atom. The number of rotatable bonds is 3. The molecule has 0 aromatic heterocycles. The summed E-state index contributed by atoms with van der Waals surface area (Å²) in [7, 11) is 0. The van der Waals surface area contributed by atoms with Crippen LogP contribution in [-0.2, 0) is 5.41 Å². The first-order valence-corrected chi connectivity index (χ1v) is 6.91. The summed E-state index contributed by atoms with van der Waals surface area (Å²) in [6.07, 6.45) is 1.54. The molecule has 2 N–H and O–H groups in total. The van der Waals surface area contributed by atoms with E-state index in [1.54, 1.807) is 18.2 Å². The lowest BCUT2D eigenvalue weighted by molar-refractivity contribution is -0.729. The fourth-order valence-electron chi connectivity index (χ4n) is 1.96. The van der Waals surface area contributed by atoms with Crippen molar-refractivity contribution < 1.29 is 15.2 Å². The molecule has 0 unspecified atom stereocenters. The van der Waals surface area contributed by atoms with Gasteiger partial charge in [-0.1, -0.05) is 39.0 Å². The summed E-state index contributed by atoms with van der Waals surface area (Å²) >= 11 is 0. The summed E-state index contributed by atoms with van der Waals surface area (Å²) in [5.41, 5.74) is 2.25. The van der Waals surface area contributed by atoms with E-state index in [-0.39, 0.29) is 21.8 Å². The van der Waals surface area contributed by atoms with Gasteiger partial charge in [0.2, 0.25) is 0 Å². The zero-order chi connectivity index (χ0) is 16.3. The molecule has 114 valence electrons. The maximum absolute atomic E-state index is 10.9. The molecule has 0 heterocycles. The third kappa shape index (κ3) is 3.69. The van der Waals surface area contributed by atoms with E-state index in [4.69, 9.17) is 5.21 Å². The second-order valence-electron chi connectivity index (χ2n) is 6.08. The summed E-state index contributed by atoms with van der Waals surface area (Å²) in [6, 6.07) is 11.7. The van der Waals surface area contributed by atoms with Gasteiger partial charge in [-0.15, -0.1) is 0 Å². The van der Waals surface area contributed by atoms with Gasteiger partial charge in [0.25, 0.3) is 4.92 Å². The van der Waals surface area contributed by atoms with Crippen molar-refractivity contribution in [1.29, 1.82) is 0 Å². The SMILES string of the molecule is CC(C)(C)c1ccc(O)c(/N=C/c2cccc([N+](=O)O)c2)c1. The van der Waals surface area contributed by atoms with E-state index in [9.17, 15) is 10.0 Å². The van der Waals surface area contributed by atoms with Crippen molar-refractivity contribution in [3.63, 3.8) is 0 Å². The predicted octanol–water partition coefficient (Wildman–Crippen LogP) is 4.24. The van der Waals surface area contributed by atoms with Crippen molar-refractivity contribution >= 4 is 17.6 Å². The van der Waals surface area contributed by atoms with Gasteiger partial charge in [-0.2, -0.15) is 0 Å². The largest absolute Gasteiger partial charge is 0.506 e. The van der Waals surface area contributed by atoms with Crippen molar-refractivity contribution in [3.05, 3.63) is 58.5 Å². The number of nitrogens with zero attached hydrogens (tertiary/aromatic N) is 2. The minimum atomic E-state index is -0.199. The molecular formula is C17H19N2O3+. The molecule has 2 aromatic rings. The monoisotopic (exact) mass is 299 g/mol. The van der Waals surface area contributed by atoms with Gasteiger partial charge in [0, 0.05) is 18.3 Å². The molecule has 0 saturated heterocycles. The summed E-state index contributed by atoms with van der Waals surface area (Å²) < 4.78 is 0. The molecule has 2 aromatic carbocycles. The third-order valence-electron chi connectivity index (χ3n) is 3.29. The van der Waals surface area contributed by atoms with Gasteiger partial charge >= 0.3 is 5.69 Å². The second kappa shape index (κ2) is 5.97. The molecule has 0 atom stereocenters. The van der Waals surface area contributed by atoms with Crippen molar-refractivity contribution in [2.75, 3.05) is 0 Å². The van der Waals surface area contributed by atoms with Gasteiger partial charge in [0.05, 0.1) is 4.91 Å². The number of aromatic hydroxyl groups is 1. The Bertz CT molecular complexity index is 731. The summed E-state index contributed by atoms with van der Waals surface area (Å²) in [6.45, 7) is 6.25. The minimum Gasteiger partial charge on any atom is -0.506 e. The van der Waals surface area contributed by atoms with E-state index in [0.717, 1.165) is 5.56 Å². The van der Waals surface area contributed by atoms with Crippen LogP contribution in [0, 0.1) is 4.91 Å². The van der Waals surface area contributed by atoms with Gasteiger partial charge in [-0.05, 0) is 28.7 Å². The molecule has 0 aliphatic rings. The van der Waals surface area contributed by atoms with E-state index >= 15 is 0 Å². The fourth-order valence-corrected chi connectivity index (χ4v) is 1.96. The lowest BCUT2D eigenvalue weighted by Crippen LogP contribution is -2.10. The number of benzene rings is 2. The number of hydrogen-bond donors (Lipinski definition) is 2. The Hall–Kier alpha value is -2.69. The first kappa shape index (κ1) is 15.7. The Labute approximate surface area is 129 Å². The predicted molar refractivity (Wildman–Crippen MR) is 85.6 cm³/mol. The quantitative estimate of drug-likeness (QED) is 0.657. The standard InChI is InChI=1S/C17H18N2O3/c1-17(2,3)13-7-8-16(20)15(10-13)18-11-12-5-4-6-14(9-12)19(21)22/h4-11H,1-3H3,(H-,20,21,22)/p+1/b18-11+. The van der Waals surface area contributed by atoms with Crippen LogP contribution in [0.5, 0.6) is 5.75 Å². The lowest BCUT2D eigenvalue weighted by atomic mass is 9.87. The molecule has 22 heavy (non-hydrogen) atoms. The summed E-state index contributed by atoms with van der Waals surface area (Å²) in [5, 5.41) is 18.8. The lowest BCUT2D eigenvalue weighted by Gasteiger charge is -2.19. The van der Waals surface area contributed by atoms with Crippen LogP contribution in [0.2, 0.25) is 0 Å². The third-order valence-corrected chi connectivity index (χ3v) is 3.29. The Morgan fingerprint density at radius 1 is 1.14 bits per heavy atom. The molecule has 0 aliphatic carbocycles. The van der Waals surface area contributed by atoms with Crippen LogP contribution in [0.1, 0.15) is 31.9 Å². The maximum Gasteiger partial charge on any atom is 0.317 e. The minimum absolute atomic E-state index is 0.0438. The molecule has 0 spiro atoms. The van der Waals surface area contributed by atoms with Crippen molar-refractivity contribution in [2.24, 2.45) is 4.99 Å². The summed E-state index contributed by atoms with van der Waals surface area (Å²) in [5.74, 6) is 0.0908. The Kier molecular flexibility index (Phi) is 4.26. The van der Waals surface area contributed by atoms with Gasteiger partial charge in [0.15, 0.2) is 0 Å². The van der Waals surface area contributed by atoms with Crippen LogP contribution in [0.25, 0.3) is 0 Å². The number of aliphatic imine (C=N–C) groups is 1. The zero-order valence-electron chi connectivity index (χ0n) is 12.8. The van der Waals surface area contributed by atoms with Gasteiger partial charge in [-0.25, -0.2) is 5.21 Å². The number of hydrogen-bond acceptors (Lipinski definition) is 3. The topological polar surface area (TPSA) is 72.9 Å². The fraction of sp³-hybridized carbons (Fsp3) is 0.235. The summed E-state index contributed by atoms with van der Waals surface area (Å²) in [4.78, 5) is 14.9. The molecular weight excluding hydrogens is 280 g/mol. The smallest absolute Gasteiger partial charge is 0.317 e. The van der Waals surface area contributed by atoms with E-state index in [1.165, 1.54) is 18.3 Å². The van der Waals surface area contributed by atoms with Gasteiger partial charge < -0.3 is 5.11 Å². The molecule has 5 nitrogen and oxygen atoms in total. The Balaban J connectivity index is 2.34. The van der Waals surface area contributed by atoms with E-state index in [1.807, 2.05) is 12.1 Å². The molecule has 0 saturated carbocycles. The van der Waals surface area contributed by atoms with Crippen molar-refractivity contribution in [2.45, 2.75) is 26.2 Å². The average Bonchev–Trinajstić information content (AvgIpc) is 2.45. The Morgan fingerprint density at radius 3 is 2.50 bits per heavy atom. The first-order valence-electron chi connectivity index (χ1n) is 6.91. The van der Waals surface area contributed by atoms with Crippen LogP contribution >= 0.6 is 0 Å². The van der Waals surface area contributed by atoms with Gasteiger partial charge in [0.1, 0.15) is 11.4 Å². The normalized spacial score (nSPS) is 11.8. The average molecular weight is 299 g/mol. The van der Waals surface area contributed by atoms with Crippen LogP contribution in [0.4, 0.5) is 11.4 Å². The molecule has 5 heteroatoms. The molecule has 2 rings (SSSR count). The van der Waals surface area contributed by atoms with Crippen LogP contribution < -0.4 is 0 Å². The first-order chi connectivity index (χ1) is 10.3. The van der Waals surface area contributed by atoms with Gasteiger partial charge in [-0.3, -0.25) is 4.99 Å². The zero-order valence-corrected chi connectivity index (χ0v) is 12.8. The van der Waals surface area contributed by atoms with E-state index in [0.29, 0.717) is 11.3 Å². The highest BCUT2D eigenvalue weighted by molar-refractivity contribution is 5.83. The van der Waals surface area contributed by atoms with E-state index < -0.39 is 0 Å². The molecule has 0 bridgehead atoms. The highest BCUT2D eigenvalue weighted by Crippen LogP contribution is 2.32. The molecule has 0 fully saturated rings. The van der Waals surface area contributed by atoms with Crippen LogP contribution in [0.15, 0.2) is 47.5 Å².